The lowest BCUT2D eigenvalue weighted by molar-refractivity contribution is -0.234. The molecule has 0 spiro atoms. The first-order valence-electron chi connectivity index (χ1n) is 7.51. The van der Waals surface area contributed by atoms with Gasteiger partial charge < -0.3 is 10.1 Å². The van der Waals surface area contributed by atoms with Crippen LogP contribution in [0.5, 0.6) is 0 Å². The van der Waals surface area contributed by atoms with Gasteiger partial charge in [0.05, 0.1) is 6.10 Å². The van der Waals surface area contributed by atoms with E-state index in [0.29, 0.717) is 12.3 Å². The molecular weight excluding hydrogens is 267 g/mol. The summed E-state index contributed by atoms with van der Waals surface area (Å²) in [5.41, 5.74) is 0.111. The summed E-state index contributed by atoms with van der Waals surface area (Å²) in [5.74, 6) is 0.405. The molecule has 0 bridgehead atoms. The van der Waals surface area contributed by atoms with E-state index in [0.717, 1.165) is 26.3 Å². The molecule has 2 nitrogen and oxygen atoms in total. The van der Waals surface area contributed by atoms with Crippen molar-refractivity contribution < 1.29 is 17.9 Å². The van der Waals surface area contributed by atoms with E-state index in [-0.39, 0.29) is 17.6 Å². The number of hydrogen-bond donors (Lipinski definition) is 1. The molecule has 0 aliphatic heterocycles. The van der Waals surface area contributed by atoms with E-state index < -0.39 is 12.3 Å². The fraction of sp³-hybridized carbons (Fsp3) is 1.00. The van der Waals surface area contributed by atoms with Crippen molar-refractivity contribution in [3.8, 4) is 0 Å². The van der Waals surface area contributed by atoms with Crippen LogP contribution in [-0.4, -0.2) is 31.0 Å². The standard InChI is InChI=1S/C15H28F3NO/c1-6-19-12-8-7-11(14(3,4)5)9-13(12)20-10(2)15(16,17)18/h10-13,19H,6-9H2,1-5H3. The SMILES string of the molecule is CCNC1CCC(C(C)(C)C)CC1OC(C)C(F)(F)F. The molecule has 0 saturated heterocycles. The van der Waals surface area contributed by atoms with Crippen molar-refractivity contribution >= 4 is 0 Å². The summed E-state index contributed by atoms with van der Waals surface area (Å²) in [6, 6.07) is 0.0309. The Labute approximate surface area is 120 Å². The van der Waals surface area contributed by atoms with Crippen LogP contribution in [0.2, 0.25) is 0 Å². The van der Waals surface area contributed by atoms with E-state index in [4.69, 9.17) is 4.74 Å². The molecule has 20 heavy (non-hydrogen) atoms. The molecule has 0 aromatic heterocycles. The second kappa shape index (κ2) is 6.65. The Morgan fingerprint density at radius 2 is 1.80 bits per heavy atom. The van der Waals surface area contributed by atoms with E-state index in [9.17, 15) is 13.2 Å². The minimum absolute atomic E-state index is 0.0309. The largest absolute Gasteiger partial charge is 0.414 e. The van der Waals surface area contributed by atoms with Gasteiger partial charge in [-0.25, -0.2) is 0 Å². The highest BCUT2D eigenvalue weighted by atomic mass is 19.4. The van der Waals surface area contributed by atoms with Gasteiger partial charge in [-0.15, -0.1) is 0 Å². The van der Waals surface area contributed by atoms with Crippen LogP contribution in [-0.2, 0) is 4.74 Å². The molecule has 0 aromatic carbocycles. The molecule has 0 aromatic rings. The highest BCUT2D eigenvalue weighted by Gasteiger charge is 2.42. The van der Waals surface area contributed by atoms with Crippen LogP contribution in [0.15, 0.2) is 0 Å². The number of ether oxygens (including phenoxy) is 1. The Morgan fingerprint density at radius 3 is 2.25 bits per heavy atom. The monoisotopic (exact) mass is 295 g/mol. The van der Waals surface area contributed by atoms with E-state index in [1.807, 2.05) is 6.92 Å². The summed E-state index contributed by atoms with van der Waals surface area (Å²) in [6.07, 6.45) is -3.73. The Morgan fingerprint density at radius 1 is 1.20 bits per heavy atom. The lowest BCUT2D eigenvalue weighted by Crippen LogP contribution is -2.49. The molecule has 1 rings (SSSR count). The second-order valence-electron chi connectivity index (χ2n) is 6.90. The molecule has 4 atom stereocenters. The first kappa shape index (κ1) is 17.8. The average Bonchev–Trinajstić information content (AvgIpc) is 2.28. The van der Waals surface area contributed by atoms with E-state index in [2.05, 4.69) is 26.1 Å². The van der Waals surface area contributed by atoms with Crippen LogP contribution < -0.4 is 5.32 Å². The zero-order valence-electron chi connectivity index (χ0n) is 13.2. The van der Waals surface area contributed by atoms with Gasteiger partial charge in [-0.2, -0.15) is 13.2 Å². The van der Waals surface area contributed by atoms with Gasteiger partial charge in [0.15, 0.2) is 6.10 Å². The molecule has 1 aliphatic carbocycles. The van der Waals surface area contributed by atoms with Crippen LogP contribution in [0.3, 0.4) is 0 Å². The minimum Gasteiger partial charge on any atom is -0.364 e. The molecule has 5 heteroatoms. The minimum atomic E-state index is -4.29. The van der Waals surface area contributed by atoms with Crippen molar-refractivity contribution in [3.63, 3.8) is 0 Å². The molecule has 1 fully saturated rings. The Kier molecular flexibility index (Phi) is 5.90. The Hall–Kier alpha value is -0.290. The van der Waals surface area contributed by atoms with Gasteiger partial charge in [-0.1, -0.05) is 27.7 Å². The summed E-state index contributed by atoms with van der Waals surface area (Å²) in [6.45, 7) is 10.3. The summed E-state index contributed by atoms with van der Waals surface area (Å²) in [7, 11) is 0. The zero-order valence-corrected chi connectivity index (χ0v) is 13.2. The maximum Gasteiger partial charge on any atom is 0.414 e. The van der Waals surface area contributed by atoms with Gasteiger partial charge >= 0.3 is 6.18 Å². The number of halogens is 3. The summed E-state index contributed by atoms with van der Waals surface area (Å²) >= 11 is 0. The van der Waals surface area contributed by atoms with Crippen molar-refractivity contribution in [2.45, 2.75) is 78.3 Å². The molecule has 4 unspecified atom stereocenters. The summed E-state index contributed by atoms with van der Waals surface area (Å²) in [4.78, 5) is 0. The van der Waals surface area contributed by atoms with Gasteiger partial charge in [0.1, 0.15) is 0 Å². The quantitative estimate of drug-likeness (QED) is 0.841. The Bertz CT molecular complexity index is 296. The van der Waals surface area contributed by atoms with Gasteiger partial charge in [0.2, 0.25) is 0 Å². The van der Waals surface area contributed by atoms with Gasteiger partial charge in [-0.3, -0.25) is 0 Å². The van der Waals surface area contributed by atoms with Crippen LogP contribution in [0, 0.1) is 11.3 Å². The maximum atomic E-state index is 12.7. The number of hydrogen-bond acceptors (Lipinski definition) is 2. The van der Waals surface area contributed by atoms with Crippen molar-refractivity contribution in [3.05, 3.63) is 0 Å². The van der Waals surface area contributed by atoms with Crippen molar-refractivity contribution in [2.75, 3.05) is 6.54 Å². The topological polar surface area (TPSA) is 21.3 Å². The fourth-order valence-electron chi connectivity index (χ4n) is 2.90. The van der Waals surface area contributed by atoms with Crippen molar-refractivity contribution in [1.82, 2.24) is 5.32 Å². The number of likely N-dealkylation sites (N-methyl/N-ethyl adjacent to an activating group) is 1. The number of alkyl halides is 3. The molecular formula is C15H28F3NO. The normalized spacial score (nSPS) is 30.3. The molecule has 0 radical (unpaired) electrons. The second-order valence-corrected chi connectivity index (χ2v) is 6.90. The van der Waals surface area contributed by atoms with Crippen LogP contribution in [0.4, 0.5) is 13.2 Å². The molecule has 1 saturated carbocycles. The zero-order chi connectivity index (χ0) is 15.6. The average molecular weight is 295 g/mol. The van der Waals surface area contributed by atoms with Crippen LogP contribution in [0.25, 0.3) is 0 Å². The lowest BCUT2D eigenvalue weighted by atomic mass is 9.70. The van der Waals surface area contributed by atoms with Gasteiger partial charge in [-0.05, 0) is 44.1 Å². The highest BCUT2D eigenvalue weighted by molar-refractivity contribution is 4.90. The molecule has 120 valence electrons. The molecule has 1 aliphatic rings. The lowest BCUT2D eigenvalue weighted by Gasteiger charge is -2.42. The van der Waals surface area contributed by atoms with Crippen molar-refractivity contribution in [2.24, 2.45) is 11.3 Å². The summed E-state index contributed by atoms with van der Waals surface area (Å²) < 4.78 is 43.5. The highest BCUT2D eigenvalue weighted by Crippen LogP contribution is 2.40. The van der Waals surface area contributed by atoms with E-state index in [1.165, 1.54) is 0 Å². The van der Waals surface area contributed by atoms with Crippen molar-refractivity contribution in [1.29, 1.82) is 0 Å². The fourth-order valence-corrected chi connectivity index (χ4v) is 2.90. The third-order valence-electron chi connectivity index (χ3n) is 4.32. The predicted octanol–water partition coefficient (Wildman–Crippen LogP) is 4.15. The Balaban J connectivity index is 2.73. The van der Waals surface area contributed by atoms with Crippen LogP contribution >= 0.6 is 0 Å². The first-order chi connectivity index (χ1) is 9.05. The van der Waals surface area contributed by atoms with Gasteiger partial charge in [0.25, 0.3) is 0 Å². The molecule has 1 N–H and O–H groups in total. The maximum absolute atomic E-state index is 12.7. The molecule has 0 heterocycles. The van der Waals surface area contributed by atoms with E-state index in [1.54, 1.807) is 0 Å². The third-order valence-corrected chi connectivity index (χ3v) is 4.32. The third kappa shape index (κ3) is 4.92. The van der Waals surface area contributed by atoms with Gasteiger partial charge in [0, 0.05) is 6.04 Å². The number of nitrogens with one attached hydrogen (secondary N) is 1. The summed E-state index contributed by atoms with van der Waals surface area (Å²) in [5, 5.41) is 3.27. The smallest absolute Gasteiger partial charge is 0.364 e. The number of rotatable bonds is 4. The van der Waals surface area contributed by atoms with E-state index >= 15 is 0 Å². The van der Waals surface area contributed by atoms with Crippen LogP contribution in [0.1, 0.15) is 53.9 Å². The first-order valence-corrected chi connectivity index (χ1v) is 7.51. The predicted molar refractivity (Wildman–Crippen MR) is 74.7 cm³/mol. The molecule has 0 amide bonds.